The van der Waals surface area contributed by atoms with Gasteiger partial charge in [0.1, 0.15) is 11.5 Å². The molecule has 136 valence electrons. The summed E-state index contributed by atoms with van der Waals surface area (Å²) in [6.07, 6.45) is 0. The number of nitrogens with one attached hydrogen (secondary N) is 2. The van der Waals surface area contributed by atoms with E-state index in [0.717, 1.165) is 11.0 Å². The summed E-state index contributed by atoms with van der Waals surface area (Å²) < 4.78 is 10.5. The number of imidazole rings is 1. The number of H-pyrrole nitrogens is 1. The van der Waals surface area contributed by atoms with E-state index in [1.165, 1.54) is 26.0 Å². The van der Waals surface area contributed by atoms with E-state index in [2.05, 4.69) is 15.3 Å². The van der Waals surface area contributed by atoms with Gasteiger partial charge in [0.15, 0.2) is 5.16 Å². The second-order valence-electron chi connectivity index (χ2n) is 5.50. The van der Waals surface area contributed by atoms with Crippen LogP contribution < -0.4 is 14.8 Å². The van der Waals surface area contributed by atoms with Crippen LogP contribution in [0.4, 0.5) is 5.69 Å². The van der Waals surface area contributed by atoms with Crippen LogP contribution in [-0.2, 0) is 4.79 Å². The van der Waals surface area contributed by atoms with E-state index in [-0.39, 0.29) is 11.2 Å². The molecule has 1 amide bonds. The summed E-state index contributed by atoms with van der Waals surface area (Å²) in [7, 11) is 3.04. The number of nitrogens with zero attached hydrogens (tertiary/aromatic N) is 1. The second-order valence-corrected chi connectivity index (χ2v) is 7.23. The van der Waals surface area contributed by atoms with Crippen molar-refractivity contribution in [3.63, 3.8) is 0 Å². The molecule has 0 spiro atoms. The van der Waals surface area contributed by atoms with E-state index in [1.807, 2.05) is 31.2 Å². The number of thioether (sulfide) groups is 1. The number of anilines is 1. The SMILES string of the molecule is COc1cc(OC)c(NC(=O)C(C)Sc2nc3ccccc3[nH]2)cc1Cl. The predicted molar refractivity (Wildman–Crippen MR) is 105 cm³/mol. The Hall–Kier alpha value is -2.38. The lowest BCUT2D eigenvalue weighted by molar-refractivity contribution is -0.115. The minimum absolute atomic E-state index is 0.185. The topological polar surface area (TPSA) is 76.2 Å². The van der Waals surface area contributed by atoms with Gasteiger partial charge in [-0.3, -0.25) is 4.79 Å². The second kappa shape index (κ2) is 7.88. The van der Waals surface area contributed by atoms with Gasteiger partial charge in [-0.05, 0) is 25.1 Å². The van der Waals surface area contributed by atoms with Crippen LogP contribution in [0.15, 0.2) is 41.6 Å². The van der Waals surface area contributed by atoms with Gasteiger partial charge in [0.2, 0.25) is 5.91 Å². The van der Waals surface area contributed by atoms with E-state index < -0.39 is 0 Å². The van der Waals surface area contributed by atoms with Gasteiger partial charge >= 0.3 is 0 Å². The van der Waals surface area contributed by atoms with Crippen LogP contribution in [0.5, 0.6) is 11.5 Å². The summed E-state index contributed by atoms with van der Waals surface area (Å²) in [6, 6.07) is 11.0. The molecule has 0 saturated heterocycles. The van der Waals surface area contributed by atoms with Crippen LogP contribution in [-0.4, -0.2) is 35.3 Å². The zero-order valence-electron chi connectivity index (χ0n) is 14.5. The predicted octanol–water partition coefficient (Wildman–Crippen LogP) is 4.35. The van der Waals surface area contributed by atoms with Crippen LogP contribution >= 0.6 is 23.4 Å². The summed E-state index contributed by atoms with van der Waals surface area (Å²) in [6.45, 7) is 1.81. The standard InChI is InChI=1S/C18H18ClN3O3S/c1-10(26-18-21-12-6-4-5-7-13(12)22-18)17(23)20-14-8-11(19)15(24-2)9-16(14)25-3/h4-10H,1-3H3,(H,20,23)(H,21,22). The molecule has 0 fully saturated rings. The number of methoxy groups -OCH3 is 2. The third-order valence-electron chi connectivity index (χ3n) is 3.76. The minimum atomic E-state index is -0.374. The average molecular weight is 392 g/mol. The quantitative estimate of drug-likeness (QED) is 0.611. The molecule has 2 aromatic carbocycles. The Kier molecular flexibility index (Phi) is 5.58. The summed E-state index contributed by atoms with van der Waals surface area (Å²) in [5.41, 5.74) is 2.29. The lowest BCUT2D eigenvalue weighted by Gasteiger charge is -2.15. The molecule has 1 aromatic heterocycles. The monoisotopic (exact) mass is 391 g/mol. The Labute approximate surface area is 160 Å². The van der Waals surface area contributed by atoms with Gasteiger partial charge in [0.05, 0.1) is 41.2 Å². The summed E-state index contributed by atoms with van der Waals surface area (Å²) in [5.74, 6) is 0.766. The molecule has 0 aliphatic rings. The number of amides is 1. The van der Waals surface area contributed by atoms with Gasteiger partial charge < -0.3 is 19.8 Å². The molecule has 6 nitrogen and oxygen atoms in total. The van der Waals surface area contributed by atoms with Gasteiger partial charge in [0.25, 0.3) is 0 Å². The van der Waals surface area contributed by atoms with Crippen molar-refractivity contribution in [3.8, 4) is 11.5 Å². The van der Waals surface area contributed by atoms with Crippen LogP contribution in [0.2, 0.25) is 5.02 Å². The zero-order chi connectivity index (χ0) is 18.7. The van der Waals surface area contributed by atoms with Gasteiger partial charge in [-0.15, -0.1) is 0 Å². The Morgan fingerprint density at radius 2 is 1.96 bits per heavy atom. The normalized spacial score (nSPS) is 12.0. The van der Waals surface area contributed by atoms with Gasteiger partial charge in [0, 0.05) is 6.07 Å². The number of para-hydroxylation sites is 2. The third kappa shape index (κ3) is 3.89. The first-order valence-corrected chi connectivity index (χ1v) is 9.11. The van der Waals surface area contributed by atoms with Crippen LogP contribution in [0.1, 0.15) is 6.92 Å². The number of rotatable bonds is 6. The number of ether oxygens (including phenoxy) is 2. The van der Waals surface area contributed by atoms with E-state index in [9.17, 15) is 4.79 Å². The Balaban J connectivity index is 1.73. The first kappa shape index (κ1) is 18.4. The first-order chi connectivity index (χ1) is 12.5. The number of carbonyl (C=O) groups is 1. The zero-order valence-corrected chi connectivity index (χ0v) is 16.1. The first-order valence-electron chi connectivity index (χ1n) is 7.85. The van der Waals surface area contributed by atoms with Crippen molar-refractivity contribution >= 4 is 46.0 Å². The van der Waals surface area contributed by atoms with Crippen molar-refractivity contribution in [1.82, 2.24) is 9.97 Å². The number of aromatic amines is 1. The van der Waals surface area contributed by atoms with Crippen molar-refractivity contribution < 1.29 is 14.3 Å². The molecule has 0 bridgehead atoms. The largest absolute Gasteiger partial charge is 0.495 e. The van der Waals surface area contributed by atoms with Crippen molar-refractivity contribution in [2.24, 2.45) is 0 Å². The third-order valence-corrected chi connectivity index (χ3v) is 5.04. The summed E-state index contributed by atoms with van der Waals surface area (Å²) >= 11 is 7.49. The molecular formula is C18H18ClN3O3S. The van der Waals surface area contributed by atoms with Crippen molar-refractivity contribution in [2.45, 2.75) is 17.3 Å². The van der Waals surface area contributed by atoms with Crippen molar-refractivity contribution in [2.75, 3.05) is 19.5 Å². The molecule has 1 atom stereocenters. The lowest BCUT2D eigenvalue weighted by atomic mass is 10.2. The van der Waals surface area contributed by atoms with Crippen LogP contribution in [0.25, 0.3) is 11.0 Å². The number of hydrogen-bond donors (Lipinski definition) is 2. The van der Waals surface area contributed by atoms with Gasteiger partial charge in [-0.2, -0.15) is 0 Å². The average Bonchev–Trinajstić information content (AvgIpc) is 3.04. The van der Waals surface area contributed by atoms with Crippen LogP contribution in [0, 0.1) is 0 Å². The fraction of sp³-hybridized carbons (Fsp3) is 0.222. The van der Waals surface area contributed by atoms with E-state index in [4.69, 9.17) is 21.1 Å². The molecule has 8 heteroatoms. The maximum Gasteiger partial charge on any atom is 0.237 e. The molecule has 1 unspecified atom stereocenters. The molecule has 1 heterocycles. The molecule has 3 rings (SSSR count). The number of aromatic nitrogens is 2. The number of benzene rings is 2. The highest BCUT2D eigenvalue weighted by Crippen LogP contribution is 2.36. The number of fused-ring (bicyclic) bond motifs is 1. The molecule has 2 N–H and O–H groups in total. The van der Waals surface area contributed by atoms with E-state index in [0.29, 0.717) is 27.4 Å². The molecule has 0 aliphatic carbocycles. The fourth-order valence-electron chi connectivity index (χ4n) is 2.40. The Morgan fingerprint density at radius 1 is 1.23 bits per heavy atom. The maximum atomic E-state index is 12.6. The van der Waals surface area contributed by atoms with Crippen molar-refractivity contribution in [3.05, 3.63) is 41.4 Å². The molecule has 3 aromatic rings. The van der Waals surface area contributed by atoms with E-state index >= 15 is 0 Å². The summed E-state index contributed by atoms with van der Waals surface area (Å²) in [5, 5.41) is 3.55. The number of carbonyl (C=O) groups excluding carboxylic acids is 1. The molecule has 26 heavy (non-hydrogen) atoms. The smallest absolute Gasteiger partial charge is 0.237 e. The highest BCUT2D eigenvalue weighted by molar-refractivity contribution is 8.00. The maximum absolute atomic E-state index is 12.6. The Morgan fingerprint density at radius 3 is 2.65 bits per heavy atom. The lowest BCUT2D eigenvalue weighted by Crippen LogP contribution is -2.22. The fourth-order valence-corrected chi connectivity index (χ4v) is 3.46. The molecular weight excluding hydrogens is 374 g/mol. The highest BCUT2D eigenvalue weighted by Gasteiger charge is 2.19. The minimum Gasteiger partial charge on any atom is -0.495 e. The summed E-state index contributed by atoms with van der Waals surface area (Å²) in [4.78, 5) is 20.2. The number of hydrogen-bond acceptors (Lipinski definition) is 5. The van der Waals surface area contributed by atoms with Crippen LogP contribution in [0.3, 0.4) is 0 Å². The molecule has 0 saturated carbocycles. The highest BCUT2D eigenvalue weighted by atomic mass is 35.5. The van der Waals surface area contributed by atoms with Gasteiger partial charge in [-0.1, -0.05) is 35.5 Å². The molecule has 0 radical (unpaired) electrons. The van der Waals surface area contributed by atoms with E-state index in [1.54, 1.807) is 12.1 Å². The molecule has 0 aliphatic heterocycles. The van der Waals surface area contributed by atoms with Gasteiger partial charge in [-0.25, -0.2) is 4.98 Å². The van der Waals surface area contributed by atoms with Crippen molar-refractivity contribution in [1.29, 1.82) is 0 Å². The Bertz CT molecular complexity index is 912. The number of halogens is 1.